The lowest BCUT2D eigenvalue weighted by molar-refractivity contribution is -0.276. The predicted molar refractivity (Wildman–Crippen MR) is 188 cm³/mol. The first-order valence-corrected chi connectivity index (χ1v) is 17.2. The monoisotopic (exact) mass is 687 g/mol. The third-order valence-electron chi connectivity index (χ3n) is 9.09. The number of amides is 2. The van der Waals surface area contributed by atoms with Crippen LogP contribution in [0.15, 0.2) is 78.9 Å². The fraction of sp³-hybridized carbons (Fsp3) is 0.462. The van der Waals surface area contributed by atoms with Crippen molar-refractivity contribution < 1.29 is 38.4 Å². The lowest BCUT2D eigenvalue weighted by atomic mass is 9.90. The van der Waals surface area contributed by atoms with Gasteiger partial charge in [0.15, 0.2) is 6.29 Å². The number of hydrogen-bond acceptors (Lipinski definition) is 9. The zero-order valence-electron chi connectivity index (χ0n) is 29.5. The first-order valence-electron chi connectivity index (χ1n) is 17.2. The van der Waals surface area contributed by atoms with Crippen LogP contribution >= 0.6 is 0 Å². The minimum Gasteiger partial charge on any atom is -0.467 e. The first-order chi connectivity index (χ1) is 23.9. The molecule has 6 atom stereocenters. The SMILES string of the molecule is COC(=O)C(Cc1ccccc1)NC(=O)Nc1ccc(C2OC(CN3CCCC3C(=O)OC(C)(C)C)C(C)C(c3ccc(CO)cc3)O2)cc1. The van der Waals surface area contributed by atoms with E-state index in [-0.39, 0.29) is 43.2 Å². The van der Waals surface area contributed by atoms with Gasteiger partial charge in [0.2, 0.25) is 0 Å². The number of nitrogens with zero attached hydrogens (tertiary/aromatic N) is 1. The highest BCUT2D eigenvalue weighted by Crippen LogP contribution is 2.42. The highest BCUT2D eigenvalue weighted by atomic mass is 16.7. The fourth-order valence-electron chi connectivity index (χ4n) is 6.47. The second-order valence-corrected chi connectivity index (χ2v) is 14.0. The molecule has 11 nitrogen and oxygen atoms in total. The molecule has 3 aromatic rings. The molecule has 2 amide bonds. The summed E-state index contributed by atoms with van der Waals surface area (Å²) in [4.78, 5) is 40.6. The van der Waals surface area contributed by atoms with Gasteiger partial charge < -0.3 is 34.7 Å². The summed E-state index contributed by atoms with van der Waals surface area (Å²) in [5.74, 6) is -0.816. The van der Waals surface area contributed by atoms with Crippen molar-refractivity contribution in [2.24, 2.45) is 5.92 Å². The number of aliphatic hydroxyl groups excluding tert-OH is 1. The zero-order valence-corrected chi connectivity index (χ0v) is 29.5. The molecule has 5 rings (SSSR count). The Morgan fingerprint density at radius 3 is 2.26 bits per heavy atom. The molecule has 268 valence electrons. The van der Waals surface area contributed by atoms with Crippen LogP contribution in [0.2, 0.25) is 0 Å². The van der Waals surface area contributed by atoms with Crippen molar-refractivity contribution in [1.29, 1.82) is 0 Å². The number of carbonyl (C=O) groups excluding carboxylic acids is 3. The average molecular weight is 688 g/mol. The molecule has 50 heavy (non-hydrogen) atoms. The standard InChI is InChI=1S/C39H49N3O8/c1-25-33(23-42-21-9-12-32(42)36(45)50-39(2,3)4)48-37(49-34(25)28-15-13-27(24-43)14-16-28)29-17-19-30(20-18-29)40-38(46)41-31(35(44)47-5)22-26-10-7-6-8-11-26/h6-8,10-11,13-20,25,31-34,37,43H,9,12,21-24H2,1-5H3,(H2,40,41,46). The molecule has 2 aliphatic heterocycles. The van der Waals surface area contributed by atoms with Crippen LogP contribution in [0, 0.1) is 5.92 Å². The fourth-order valence-corrected chi connectivity index (χ4v) is 6.47. The lowest BCUT2D eigenvalue weighted by Crippen LogP contribution is -2.48. The molecule has 3 N–H and O–H groups in total. The summed E-state index contributed by atoms with van der Waals surface area (Å²) in [6, 6.07) is 22.5. The molecule has 0 spiro atoms. The smallest absolute Gasteiger partial charge is 0.328 e. The first kappa shape index (κ1) is 37.0. The number of benzene rings is 3. The van der Waals surface area contributed by atoms with E-state index in [0.29, 0.717) is 12.2 Å². The molecule has 2 heterocycles. The second kappa shape index (κ2) is 16.6. The second-order valence-electron chi connectivity index (χ2n) is 14.0. The number of nitrogens with one attached hydrogen (secondary N) is 2. The van der Waals surface area contributed by atoms with Crippen molar-refractivity contribution in [1.82, 2.24) is 10.2 Å². The Balaban J connectivity index is 1.30. The number of urea groups is 1. The number of methoxy groups -OCH3 is 1. The van der Waals surface area contributed by atoms with Crippen molar-refractivity contribution in [3.05, 3.63) is 101 Å². The van der Waals surface area contributed by atoms with E-state index < -0.39 is 29.9 Å². The number of rotatable bonds is 11. The largest absolute Gasteiger partial charge is 0.467 e. The minimum absolute atomic E-state index is 0.0501. The Morgan fingerprint density at radius 2 is 1.62 bits per heavy atom. The van der Waals surface area contributed by atoms with Gasteiger partial charge in [0.25, 0.3) is 0 Å². The summed E-state index contributed by atoms with van der Waals surface area (Å²) in [5, 5.41) is 15.1. The molecule has 0 aliphatic carbocycles. The van der Waals surface area contributed by atoms with E-state index in [1.165, 1.54) is 7.11 Å². The quantitative estimate of drug-likeness (QED) is 0.218. The number of likely N-dealkylation sites (tertiary alicyclic amines) is 1. The van der Waals surface area contributed by atoms with Crippen LogP contribution in [-0.4, -0.2) is 72.0 Å². The van der Waals surface area contributed by atoms with Gasteiger partial charge in [-0.2, -0.15) is 0 Å². The Bertz CT molecular complexity index is 1580. The number of hydrogen-bond donors (Lipinski definition) is 3. The molecule has 0 radical (unpaired) electrons. The zero-order chi connectivity index (χ0) is 35.8. The maximum Gasteiger partial charge on any atom is 0.328 e. The molecule has 11 heteroatoms. The summed E-state index contributed by atoms with van der Waals surface area (Å²) in [6.07, 6.45) is 0.594. The van der Waals surface area contributed by atoms with Crippen LogP contribution in [0.1, 0.15) is 75.2 Å². The Labute approximate surface area is 294 Å². The van der Waals surface area contributed by atoms with Crippen LogP contribution in [0.3, 0.4) is 0 Å². The van der Waals surface area contributed by atoms with Crippen LogP contribution in [-0.2, 0) is 41.6 Å². The van der Waals surface area contributed by atoms with Gasteiger partial charge in [-0.15, -0.1) is 0 Å². The molecule has 2 saturated heterocycles. The van der Waals surface area contributed by atoms with Crippen molar-refractivity contribution in [2.45, 2.75) is 89.7 Å². The summed E-state index contributed by atoms with van der Waals surface area (Å²) in [7, 11) is 1.29. The van der Waals surface area contributed by atoms with E-state index >= 15 is 0 Å². The van der Waals surface area contributed by atoms with Gasteiger partial charge in [0.05, 0.1) is 25.9 Å². The van der Waals surface area contributed by atoms with Crippen molar-refractivity contribution in [3.63, 3.8) is 0 Å². The highest BCUT2D eigenvalue weighted by Gasteiger charge is 2.42. The normalized spacial score (nSPS) is 23.1. The van der Waals surface area contributed by atoms with Crippen molar-refractivity contribution >= 4 is 23.7 Å². The van der Waals surface area contributed by atoms with E-state index in [4.69, 9.17) is 18.9 Å². The maximum atomic E-state index is 13.1. The average Bonchev–Trinajstić information content (AvgIpc) is 3.57. The van der Waals surface area contributed by atoms with Gasteiger partial charge in [-0.3, -0.25) is 9.69 Å². The third kappa shape index (κ3) is 9.69. The molecule has 0 saturated carbocycles. The summed E-state index contributed by atoms with van der Waals surface area (Å²) in [5.41, 5.74) is 3.36. The molecular formula is C39H49N3O8. The molecule has 0 bridgehead atoms. The number of carbonyl (C=O) groups is 3. The number of esters is 2. The van der Waals surface area contributed by atoms with Crippen molar-refractivity contribution in [2.75, 3.05) is 25.5 Å². The summed E-state index contributed by atoms with van der Waals surface area (Å²) >= 11 is 0. The molecule has 2 fully saturated rings. The van der Waals surface area contributed by atoms with E-state index in [0.717, 1.165) is 41.6 Å². The molecule has 2 aliphatic rings. The summed E-state index contributed by atoms with van der Waals surface area (Å²) < 4.78 is 23.9. The van der Waals surface area contributed by atoms with Gasteiger partial charge in [-0.1, -0.05) is 73.7 Å². The summed E-state index contributed by atoms with van der Waals surface area (Å²) in [6.45, 7) is 8.97. The third-order valence-corrected chi connectivity index (χ3v) is 9.09. The van der Waals surface area contributed by atoms with Gasteiger partial charge in [0, 0.05) is 30.1 Å². The molecule has 3 aromatic carbocycles. The topological polar surface area (TPSA) is 136 Å². The Kier molecular flexibility index (Phi) is 12.3. The lowest BCUT2D eigenvalue weighted by Gasteiger charge is -2.43. The van der Waals surface area contributed by atoms with Crippen LogP contribution in [0.5, 0.6) is 0 Å². The predicted octanol–water partition coefficient (Wildman–Crippen LogP) is 5.68. The molecular weight excluding hydrogens is 638 g/mol. The van der Waals surface area contributed by atoms with Crippen LogP contribution in [0.4, 0.5) is 10.5 Å². The van der Waals surface area contributed by atoms with E-state index in [2.05, 4.69) is 22.5 Å². The van der Waals surface area contributed by atoms with Gasteiger partial charge >= 0.3 is 18.0 Å². The number of anilines is 1. The van der Waals surface area contributed by atoms with Crippen LogP contribution < -0.4 is 10.6 Å². The van der Waals surface area contributed by atoms with Crippen LogP contribution in [0.25, 0.3) is 0 Å². The van der Waals surface area contributed by atoms with Gasteiger partial charge in [0.1, 0.15) is 17.7 Å². The molecule has 6 unspecified atom stereocenters. The van der Waals surface area contributed by atoms with Gasteiger partial charge in [-0.25, -0.2) is 9.59 Å². The number of aliphatic hydroxyl groups is 1. The number of ether oxygens (including phenoxy) is 4. The van der Waals surface area contributed by atoms with E-state index in [1.807, 2.05) is 87.5 Å². The Hall–Kier alpha value is -4.29. The van der Waals surface area contributed by atoms with Crippen molar-refractivity contribution in [3.8, 4) is 0 Å². The molecule has 0 aromatic heterocycles. The Morgan fingerprint density at radius 1 is 0.940 bits per heavy atom. The maximum absolute atomic E-state index is 13.1. The van der Waals surface area contributed by atoms with Gasteiger partial charge in [-0.05, 0) is 69.0 Å². The highest BCUT2D eigenvalue weighted by molar-refractivity contribution is 5.92. The van der Waals surface area contributed by atoms with E-state index in [1.54, 1.807) is 12.1 Å². The van der Waals surface area contributed by atoms with E-state index in [9.17, 15) is 19.5 Å². The minimum atomic E-state index is -0.862.